The number of hydrogen-bond acceptors (Lipinski definition) is 4. The summed E-state index contributed by atoms with van der Waals surface area (Å²) < 4.78 is 1.77. The van der Waals surface area contributed by atoms with E-state index in [-0.39, 0.29) is 23.4 Å². The number of rotatable bonds is 3. The van der Waals surface area contributed by atoms with Crippen molar-refractivity contribution >= 4 is 5.91 Å². The van der Waals surface area contributed by atoms with Gasteiger partial charge in [-0.1, -0.05) is 0 Å². The van der Waals surface area contributed by atoms with Crippen molar-refractivity contribution in [1.29, 1.82) is 0 Å². The zero-order valence-electron chi connectivity index (χ0n) is 13.8. The van der Waals surface area contributed by atoms with Gasteiger partial charge in [0.25, 0.3) is 5.91 Å². The Labute approximate surface area is 131 Å². The van der Waals surface area contributed by atoms with Crippen LogP contribution >= 0.6 is 0 Å². The number of nitrogens with zero attached hydrogens (tertiary/aromatic N) is 3. The van der Waals surface area contributed by atoms with Crippen molar-refractivity contribution in [1.82, 2.24) is 14.4 Å². The van der Waals surface area contributed by atoms with Gasteiger partial charge in [0.15, 0.2) is 5.43 Å². The molecular formula is C16H25N3O3. The summed E-state index contributed by atoms with van der Waals surface area (Å²) in [6, 6.07) is 1.48. The molecule has 1 aliphatic rings. The maximum Gasteiger partial charge on any atom is 0.259 e. The lowest BCUT2D eigenvalue weighted by Crippen LogP contribution is -2.55. The lowest BCUT2D eigenvalue weighted by Gasteiger charge is -2.40. The molecule has 0 spiro atoms. The molecule has 6 heteroatoms. The van der Waals surface area contributed by atoms with Gasteiger partial charge in [0, 0.05) is 38.1 Å². The van der Waals surface area contributed by atoms with E-state index in [0.29, 0.717) is 19.5 Å². The van der Waals surface area contributed by atoms with Crippen LogP contribution in [0.25, 0.3) is 0 Å². The number of likely N-dealkylation sites (tertiary alicyclic amines) is 1. The Balaban J connectivity index is 2.23. The summed E-state index contributed by atoms with van der Waals surface area (Å²) in [5, 5.41) is 10.7. The number of aliphatic hydroxyl groups is 1. The highest BCUT2D eigenvalue weighted by molar-refractivity contribution is 5.94. The monoisotopic (exact) mass is 307 g/mol. The molecule has 1 amide bonds. The number of amides is 1. The molecule has 1 saturated heterocycles. The summed E-state index contributed by atoms with van der Waals surface area (Å²) in [5.74, 6) is -0.294. The van der Waals surface area contributed by atoms with Crippen molar-refractivity contribution in [3.05, 3.63) is 33.7 Å². The number of aryl methyl sites for hydroxylation is 2. The molecule has 6 nitrogen and oxygen atoms in total. The lowest BCUT2D eigenvalue weighted by molar-refractivity contribution is -0.0392. The number of likely N-dealkylation sites (N-methyl/N-ethyl adjacent to an activating group) is 1. The van der Waals surface area contributed by atoms with Crippen molar-refractivity contribution in [3.8, 4) is 0 Å². The molecule has 0 unspecified atom stereocenters. The van der Waals surface area contributed by atoms with E-state index in [1.54, 1.807) is 15.7 Å². The maximum absolute atomic E-state index is 12.6. The first-order valence-electron chi connectivity index (χ1n) is 7.55. The number of pyridine rings is 1. The van der Waals surface area contributed by atoms with Crippen molar-refractivity contribution in [2.24, 2.45) is 7.05 Å². The molecule has 1 aromatic heterocycles. The first kappa shape index (κ1) is 16.7. The smallest absolute Gasteiger partial charge is 0.259 e. The van der Waals surface area contributed by atoms with Crippen LogP contribution in [-0.2, 0) is 7.05 Å². The number of β-amino-alcohol motifs (C(OH)–C–C–N with tert-alkyl or cyclic N) is 1. The Morgan fingerprint density at radius 1 is 1.45 bits per heavy atom. The van der Waals surface area contributed by atoms with Crippen LogP contribution < -0.4 is 5.43 Å². The molecule has 1 atom stereocenters. The van der Waals surface area contributed by atoms with E-state index in [9.17, 15) is 14.7 Å². The summed E-state index contributed by atoms with van der Waals surface area (Å²) in [5.41, 5.74) is -0.193. The minimum atomic E-state index is -0.909. The maximum atomic E-state index is 12.6. The standard InChI is InChI=1S/C16H25N3O3/c1-12-8-14(20)13(9-18(12)4)15(21)19-7-5-6-16(22,11-19)10-17(2)3/h8-9,22H,5-7,10-11H2,1-4H3/t16-/m0/s1. The molecule has 122 valence electrons. The van der Waals surface area contributed by atoms with E-state index in [1.807, 2.05) is 33.0 Å². The van der Waals surface area contributed by atoms with E-state index in [2.05, 4.69) is 0 Å². The molecule has 0 bridgehead atoms. The summed E-state index contributed by atoms with van der Waals surface area (Å²) in [7, 11) is 5.60. The van der Waals surface area contributed by atoms with Crippen LogP contribution in [0.4, 0.5) is 0 Å². The fourth-order valence-corrected chi connectivity index (χ4v) is 3.06. The summed E-state index contributed by atoms with van der Waals surface area (Å²) in [4.78, 5) is 28.2. The molecule has 22 heavy (non-hydrogen) atoms. The molecule has 1 aliphatic heterocycles. The van der Waals surface area contributed by atoms with Crippen LogP contribution in [0.2, 0.25) is 0 Å². The van der Waals surface area contributed by atoms with E-state index in [4.69, 9.17) is 0 Å². The summed E-state index contributed by atoms with van der Waals surface area (Å²) in [6.07, 6.45) is 2.99. The SMILES string of the molecule is Cc1cc(=O)c(C(=O)N2CCC[C@](O)(CN(C)C)C2)cn1C. The lowest BCUT2D eigenvalue weighted by atomic mass is 9.92. The normalized spacial score (nSPS) is 22.2. The van der Waals surface area contributed by atoms with Gasteiger partial charge in [-0.3, -0.25) is 9.59 Å². The van der Waals surface area contributed by atoms with E-state index >= 15 is 0 Å². The van der Waals surface area contributed by atoms with Gasteiger partial charge in [-0.15, -0.1) is 0 Å². The number of hydrogen-bond donors (Lipinski definition) is 1. The average Bonchev–Trinajstić information content (AvgIpc) is 2.40. The molecular weight excluding hydrogens is 282 g/mol. The van der Waals surface area contributed by atoms with Gasteiger partial charge in [-0.2, -0.15) is 0 Å². The highest BCUT2D eigenvalue weighted by Crippen LogP contribution is 2.22. The van der Waals surface area contributed by atoms with Gasteiger partial charge in [0.05, 0.1) is 12.1 Å². The van der Waals surface area contributed by atoms with Crippen LogP contribution in [0.15, 0.2) is 17.1 Å². The zero-order valence-corrected chi connectivity index (χ0v) is 13.8. The Morgan fingerprint density at radius 3 is 2.77 bits per heavy atom. The molecule has 2 rings (SSSR count). The van der Waals surface area contributed by atoms with Gasteiger partial charge in [0.1, 0.15) is 5.56 Å². The molecule has 1 N–H and O–H groups in total. The Hall–Kier alpha value is -1.66. The predicted octanol–water partition coefficient (Wildman–Crippen LogP) is 0.222. The number of aromatic nitrogens is 1. The third-order valence-corrected chi connectivity index (χ3v) is 4.17. The van der Waals surface area contributed by atoms with Crippen LogP contribution in [0, 0.1) is 6.92 Å². The van der Waals surface area contributed by atoms with Crippen LogP contribution in [0.5, 0.6) is 0 Å². The molecule has 0 aromatic carbocycles. The van der Waals surface area contributed by atoms with Crippen LogP contribution in [0.1, 0.15) is 28.9 Å². The number of carbonyl (C=O) groups is 1. The van der Waals surface area contributed by atoms with Crippen molar-refractivity contribution < 1.29 is 9.90 Å². The topological polar surface area (TPSA) is 65.8 Å². The average molecular weight is 307 g/mol. The van der Waals surface area contributed by atoms with Gasteiger partial charge in [0.2, 0.25) is 0 Å². The highest BCUT2D eigenvalue weighted by Gasteiger charge is 2.36. The van der Waals surface area contributed by atoms with Gasteiger partial charge in [-0.25, -0.2) is 0 Å². The fraction of sp³-hybridized carbons (Fsp3) is 0.625. The third kappa shape index (κ3) is 3.56. The predicted molar refractivity (Wildman–Crippen MR) is 85.1 cm³/mol. The van der Waals surface area contributed by atoms with Gasteiger partial charge in [-0.05, 0) is 33.9 Å². The zero-order chi connectivity index (χ0) is 16.5. The first-order valence-corrected chi connectivity index (χ1v) is 7.55. The second-order valence-corrected chi connectivity index (χ2v) is 6.60. The minimum absolute atomic E-state index is 0.169. The summed E-state index contributed by atoms with van der Waals surface area (Å²) >= 11 is 0. The second-order valence-electron chi connectivity index (χ2n) is 6.60. The Morgan fingerprint density at radius 2 is 2.14 bits per heavy atom. The highest BCUT2D eigenvalue weighted by atomic mass is 16.3. The number of piperidine rings is 1. The Bertz CT molecular complexity index is 624. The molecule has 2 heterocycles. The molecule has 0 aliphatic carbocycles. The molecule has 1 aromatic rings. The second kappa shape index (κ2) is 6.22. The molecule has 1 fully saturated rings. The van der Waals surface area contributed by atoms with Crippen molar-refractivity contribution in [2.75, 3.05) is 33.7 Å². The van der Waals surface area contributed by atoms with Crippen LogP contribution in [0.3, 0.4) is 0 Å². The van der Waals surface area contributed by atoms with Crippen molar-refractivity contribution in [3.63, 3.8) is 0 Å². The summed E-state index contributed by atoms with van der Waals surface area (Å²) in [6.45, 7) is 3.17. The largest absolute Gasteiger partial charge is 0.387 e. The van der Waals surface area contributed by atoms with E-state index in [1.165, 1.54) is 6.07 Å². The molecule has 0 saturated carbocycles. The van der Waals surface area contributed by atoms with Crippen LogP contribution in [-0.4, -0.2) is 64.7 Å². The van der Waals surface area contributed by atoms with Gasteiger partial charge >= 0.3 is 0 Å². The number of carbonyl (C=O) groups excluding carboxylic acids is 1. The van der Waals surface area contributed by atoms with Crippen molar-refractivity contribution in [2.45, 2.75) is 25.4 Å². The molecule has 0 radical (unpaired) electrons. The first-order chi connectivity index (χ1) is 10.2. The quantitative estimate of drug-likeness (QED) is 0.868. The van der Waals surface area contributed by atoms with E-state index in [0.717, 1.165) is 12.1 Å². The van der Waals surface area contributed by atoms with Gasteiger partial charge < -0.3 is 19.5 Å². The fourth-order valence-electron chi connectivity index (χ4n) is 3.06. The minimum Gasteiger partial charge on any atom is -0.387 e. The third-order valence-electron chi connectivity index (χ3n) is 4.17. The Kier molecular flexibility index (Phi) is 4.72. The van der Waals surface area contributed by atoms with E-state index < -0.39 is 5.60 Å².